The molecule has 0 unspecified atom stereocenters. The number of sulfone groups is 1. The molecular formula is C13H23NO5S. The van der Waals surface area contributed by atoms with Crippen LogP contribution < -0.4 is 5.32 Å². The van der Waals surface area contributed by atoms with Gasteiger partial charge in [-0.2, -0.15) is 0 Å². The van der Waals surface area contributed by atoms with Gasteiger partial charge in [-0.3, -0.25) is 9.59 Å². The molecule has 0 aliphatic heterocycles. The summed E-state index contributed by atoms with van der Waals surface area (Å²) >= 11 is 0. The van der Waals surface area contributed by atoms with Crippen LogP contribution in [-0.4, -0.2) is 42.9 Å². The maximum Gasteiger partial charge on any atom is 0.309 e. The number of carboxylic acids is 1. The molecule has 1 fully saturated rings. The Hall–Kier alpha value is -1.11. The average molecular weight is 305 g/mol. The first-order chi connectivity index (χ1) is 9.15. The second-order valence-electron chi connectivity index (χ2n) is 6.00. The second kappa shape index (κ2) is 6.56. The average Bonchev–Trinajstić information content (AvgIpc) is 2.81. The van der Waals surface area contributed by atoms with E-state index in [1.807, 2.05) is 0 Å². The van der Waals surface area contributed by atoms with Crippen LogP contribution in [-0.2, 0) is 19.4 Å². The Kier molecular flexibility index (Phi) is 5.56. The van der Waals surface area contributed by atoms with Gasteiger partial charge in [0.25, 0.3) is 0 Å². The van der Waals surface area contributed by atoms with Crippen LogP contribution in [0.4, 0.5) is 0 Å². The van der Waals surface area contributed by atoms with Crippen LogP contribution in [0.15, 0.2) is 0 Å². The first-order valence-corrected chi connectivity index (χ1v) is 8.58. The van der Waals surface area contributed by atoms with Crippen LogP contribution in [0.3, 0.4) is 0 Å². The summed E-state index contributed by atoms with van der Waals surface area (Å²) in [5, 5.41) is 11.0. The summed E-state index contributed by atoms with van der Waals surface area (Å²) in [4.78, 5) is 22.5. The Morgan fingerprint density at radius 2 is 1.80 bits per heavy atom. The predicted molar refractivity (Wildman–Crippen MR) is 75.1 cm³/mol. The lowest BCUT2D eigenvalue weighted by Crippen LogP contribution is -2.37. The molecular weight excluding hydrogens is 282 g/mol. The van der Waals surface area contributed by atoms with Crippen LogP contribution in [0.1, 0.15) is 46.0 Å². The monoisotopic (exact) mass is 305 g/mol. The molecule has 6 nitrogen and oxygen atoms in total. The number of carbonyl (C=O) groups is 2. The maximum absolute atomic E-state index is 12.0. The van der Waals surface area contributed by atoms with Crippen molar-refractivity contribution in [3.05, 3.63) is 0 Å². The number of rotatable bonds is 7. The second-order valence-corrected chi connectivity index (χ2v) is 8.28. The Morgan fingerprint density at radius 1 is 1.25 bits per heavy atom. The Bertz CT molecular complexity index is 463. The van der Waals surface area contributed by atoms with Crippen LogP contribution in [0, 0.1) is 5.41 Å². The zero-order valence-corrected chi connectivity index (χ0v) is 12.8. The van der Waals surface area contributed by atoms with Crippen molar-refractivity contribution < 1.29 is 23.1 Å². The lowest BCUT2D eigenvalue weighted by molar-refractivity contribution is -0.147. The molecule has 0 atom stereocenters. The molecule has 0 aromatic carbocycles. The molecule has 0 aromatic rings. The Morgan fingerprint density at radius 3 is 2.30 bits per heavy atom. The van der Waals surface area contributed by atoms with E-state index in [9.17, 15) is 18.0 Å². The minimum atomic E-state index is -3.37. The fourth-order valence-corrected chi connectivity index (χ4v) is 3.98. The summed E-state index contributed by atoms with van der Waals surface area (Å²) in [6.45, 7) is 3.30. The highest BCUT2D eigenvalue weighted by atomic mass is 32.2. The third-order valence-corrected chi connectivity index (χ3v) is 5.95. The highest BCUT2D eigenvalue weighted by molar-refractivity contribution is 7.92. The summed E-state index contributed by atoms with van der Waals surface area (Å²) in [6, 6.07) is 0. The topological polar surface area (TPSA) is 101 Å². The molecule has 20 heavy (non-hydrogen) atoms. The first kappa shape index (κ1) is 16.9. The number of nitrogens with one attached hydrogen (secondary N) is 1. The summed E-state index contributed by atoms with van der Waals surface area (Å²) in [7, 11) is -3.37. The van der Waals surface area contributed by atoms with Gasteiger partial charge in [0.2, 0.25) is 5.91 Å². The van der Waals surface area contributed by atoms with Gasteiger partial charge in [0.05, 0.1) is 10.7 Å². The Balaban J connectivity index is 2.39. The Labute approximate surface area is 119 Å². The van der Waals surface area contributed by atoms with Crippen molar-refractivity contribution in [1.29, 1.82) is 0 Å². The molecule has 7 heteroatoms. The number of carbonyl (C=O) groups excluding carboxylic acids is 1. The molecule has 1 saturated carbocycles. The van der Waals surface area contributed by atoms with Gasteiger partial charge >= 0.3 is 5.97 Å². The van der Waals surface area contributed by atoms with Crippen molar-refractivity contribution in [2.24, 2.45) is 5.41 Å². The molecule has 0 spiro atoms. The van der Waals surface area contributed by atoms with Crippen molar-refractivity contribution in [2.45, 2.75) is 51.2 Å². The standard InChI is InChI=1S/C13H23NO5S/c1-13(2,12(16)17)7-8-14-11(15)9-20(18,19)10-5-3-4-6-10/h10H,3-9H2,1-2H3,(H,14,15)(H,16,17). The summed E-state index contributed by atoms with van der Waals surface area (Å²) < 4.78 is 23.9. The van der Waals surface area contributed by atoms with E-state index in [-0.39, 0.29) is 18.2 Å². The van der Waals surface area contributed by atoms with E-state index in [1.165, 1.54) is 0 Å². The van der Waals surface area contributed by atoms with Crippen LogP contribution in [0.25, 0.3) is 0 Å². The van der Waals surface area contributed by atoms with Gasteiger partial charge < -0.3 is 10.4 Å². The molecule has 0 heterocycles. The van der Waals surface area contributed by atoms with Crippen molar-refractivity contribution in [3.8, 4) is 0 Å². The number of hydrogen-bond acceptors (Lipinski definition) is 4. The minimum Gasteiger partial charge on any atom is -0.481 e. The number of carboxylic acid groups (broad SMARTS) is 1. The summed E-state index contributed by atoms with van der Waals surface area (Å²) in [5.74, 6) is -1.98. The van der Waals surface area contributed by atoms with Crippen molar-refractivity contribution in [2.75, 3.05) is 12.3 Å². The van der Waals surface area contributed by atoms with Crippen LogP contribution >= 0.6 is 0 Å². The van der Waals surface area contributed by atoms with Crippen molar-refractivity contribution >= 4 is 21.7 Å². The summed E-state index contributed by atoms with van der Waals surface area (Å²) in [6.07, 6.45) is 3.34. The van der Waals surface area contributed by atoms with Gasteiger partial charge in [-0.1, -0.05) is 12.8 Å². The zero-order valence-electron chi connectivity index (χ0n) is 12.0. The van der Waals surface area contributed by atoms with Crippen molar-refractivity contribution in [3.63, 3.8) is 0 Å². The molecule has 0 saturated heterocycles. The van der Waals surface area contributed by atoms with E-state index in [2.05, 4.69) is 5.32 Å². The van der Waals surface area contributed by atoms with Crippen LogP contribution in [0.5, 0.6) is 0 Å². The van der Waals surface area contributed by atoms with Gasteiger partial charge in [0, 0.05) is 6.54 Å². The van der Waals surface area contributed by atoms with E-state index in [1.54, 1.807) is 13.8 Å². The quantitative estimate of drug-likeness (QED) is 0.729. The molecule has 0 bridgehead atoms. The van der Waals surface area contributed by atoms with Gasteiger partial charge in [-0.25, -0.2) is 8.42 Å². The third kappa shape index (κ3) is 4.77. The van der Waals surface area contributed by atoms with E-state index >= 15 is 0 Å². The molecule has 1 rings (SSSR count). The molecule has 1 aliphatic rings. The van der Waals surface area contributed by atoms with Crippen LogP contribution in [0.2, 0.25) is 0 Å². The van der Waals surface area contributed by atoms with E-state index in [4.69, 9.17) is 5.11 Å². The van der Waals surface area contributed by atoms with E-state index in [0.717, 1.165) is 12.8 Å². The lowest BCUT2D eigenvalue weighted by Gasteiger charge is -2.19. The number of aliphatic carboxylic acids is 1. The first-order valence-electron chi connectivity index (χ1n) is 6.87. The molecule has 0 aromatic heterocycles. The fourth-order valence-electron chi connectivity index (χ4n) is 2.22. The number of amides is 1. The normalized spacial score (nSPS) is 17.1. The molecule has 2 N–H and O–H groups in total. The third-order valence-electron chi connectivity index (χ3n) is 3.79. The zero-order chi connectivity index (χ0) is 15.4. The number of hydrogen-bond donors (Lipinski definition) is 2. The van der Waals surface area contributed by atoms with E-state index < -0.39 is 32.9 Å². The highest BCUT2D eigenvalue weighted by Gasteiger charge is 2.31. The molecule has 0 radical (unpaired) electrons. The minimum absolute atomic E-state index is 0.165. The fraction of sp³-hybridized carbons (Fsp3) is 0.846. The predicted octanol–water partition coefficient (Wildman–Crippen LogP) is 0.961. The SMILES string of the molecule is CC(C)(CCNC(=O)CS(=O)(=O)C1CCCC1)C(=O)O. The molecule has 116 valence electrons. The van der Waals surface area contributed by atoms with Gasteiger partial charge in [-0.05, 0) is 33.1 Å². The highest BCUT2D eigenvalue weighted by Crippen LogP contribution is 2.25. The van der Waals surface area contributed by atoms with Gasteiger partial charge in [0.15, 0.2) is 9.84 Å². The molecule has 1 aliphatic carbocycles. The lowest BCUT2D eigenvalue weighted by atomic mass is 9.90. The van der Waals surface area contributed by atoms with Gasteiger partial charge in [0.1, 0.15) is 5.75 Å². The smallest absolute Gasteiger partial charge is 0.309 e. The maximum atomic E-state index is 12.0. The van der Waals surface area contributed by atoms with Gasteiger partial charge in [-0.15, -0.1) is 0 Å². The molecule has 1 amide bonds. The largest absolute Gasteiger partial charge is 0.481 e. The van der Waals surface area contributed by atoms with Crippen molar-refractivity contribution in [1.82, 2.24) is 5.32 Å². The van der Waals surface area contributed by atoms with E-state index in [0.29, 0.717) is 12.8 Å². The summed E-state index contributed by atoms with van der Waals surface area (Å²) in [5.41, 5.74) is -0.933.